The number of alkyl halides is 3. The number of morpholine rings is 1. The van der Waals surface area contributed by atoms with E-state index >= 15 is 0 Å². The highest BCUT2D eigenvalue weighted by atomic mass is 35.5. The quantitative estimate of drug-likeness (QED) is 0.500. The Balaban J connectivity index is 1.55. The number of benzene rings is 1. The Morgan fingerprint density at radius 2 is 2.17 bits per heavy atom. The van der Waals surface area contributed by atoms with Crippen molar-refractivity contribution in [3.63, 3.8) is 0 Å². The molecule has 1 saturated heterocycles. The first-order valence-corrected chi connectivity index (χ1v) is 9.36. The van der Waals surface area contributed by atoms with E-state index in [1.54, 1.807) is 29.3 Å². The second-order valence-corrected chi connectivity index (χ2v) is 6.69. The summed E-state index contributed by atoms with van der Waals surface area (Å²) in [6.07, 6.45) is -0.848. The maximum Gasteiger partial charge on any atom is 0.573 e. The summed E-state index contributed by atoms with van der Waals surface area (Å²) in [4.78, 5) is 18.0. The smallest absolute Gasteiger partial charge is 0.488 e. The molecule has 1 aliphatic rings. The van der Waals surface area contributed by atoms with Gasteiger partial charge in [0.15, 0.2) is 10.9 Å². The molecule has 0 radical (unpaired) electrons. The molecule has 0 spiro atoms. The van der Waals surface area contributed by atoms with Crippen LogP contribution in [0, 0.1) is 0 Å². The zero-order chi connectivity index (χ0) is 21.6. The highest BCUT2D eigenvalue weighted by Gasteiger charge is 2.31. The first-order valence-electron chi connectivity index (χ1n) is 8.98. The van der Waals surface area contributed by atoms with Crippen molar-refractivity contribution < 1.29 is 32.2 Å². The van der Waals surface area contributed by atoms with E-state index in [1.165, 1.54) is 30.4 Å². The summed E-state index contributed by atoms with van der Waals surface area (Å²) in [7, 11) is 0. The predicted octanol–water partition coefficient (Wildman–Crippen LogP) is 3.95. The van der Waals surface area contributed by atoms with Crippen LogP contribution in [-0.4, -0.2) is 54.6 Å². The lowest BCUT2D eigenvalue weighted by atomic mass is 10.2. The number of hydrogen-bond donors (Lipinski definition) is 0. The monoisotopic (exact) mass is 442 g/mol. The van der Waals surface area contributed by atoms with Gasteiger partial charge in [0.25, 0.3) is 0 Å². The van der Waals surface area contributed by atoms with Gasteiger partial charge in [0.2, 0.25) is 5.91 Å². The summed E-state index contributed by atoms with van der Waals surface area (Å²) in [6, 6.07) is 8.74. The molecule has 30 heavy (non-hydrogen) atoms. The highest BCUT2D eigenvalue weighted by molar-refractivity contribution is 6.30. The Labute approximate surface area is 175 Å². The van der Waals surface area contributed by atoms with E-state index in [0.29, 0.717) is 31.0 Å². The zero-order valence-corrected chi connectivity index (χ0v) is 16.4. The fraction of sp³-hybridized carbons (Fsp3) is 0.300. The number of amides is 1. The third kappa shape index (κ3) is 6.64. The van der Waals surface area contributed by atoms with Gasteiger partial charge in [-0.25, -0.2) is 4.98 Å². The van der Waals surface area contributed by atoms with Crippen LogP contribution in [0.25, 0.3) is 6.08 Å². The lowest BCUT2D eigenvalue weighted by molar-refractivity contribution is -0.274. The standard InChI is InChI=1S/C20H18ClF3N2O4/c21-19-17(5-2-8-25-19)29-13-16-12-26(9-10-28-16)18(27)7-6-14-3-1-4-15(11-14)30-20(22,23)24/h1-8,11,16H,9-10,12-13H2. The molecule has 1 aromatic carbocycles. The molecule has 1 aromatic heterocycles. The Bertz CT molecular complexity index is 908. The van der Waals surface area contributed by atoms with E-state index in [2.05, 4.69) is 9.72 Å². The third-order valence-corrected chi connectivity index (χ3v) is 4.39. The molecule has 1 amide bonds. The maximum atomic E-state index is 12.5. The van der Waals surface area contributed by atoms with Gasteiger partial charge >= 0.3 is 6.36 Å². The van der Waals surface area contributed by atoms with Gasteiger partial charge in [0.05, 0.1) is 13.2 Å². The number of carbonyl (C=O) groups excluding carboxylic acids is 1. The fourth-order valence-corrected chi connectivity index (χ4v) is 2.94. The highest BCUT2D eigenvalue weighted by Crippen LogP contribution is 2.24. The van der Waals surface area contributed by atoms with E-state index in [-0.39, 0.29) is 29.5 Å². The van der Waals surface area contributed by atoms with Gasteiger partial charge in [-0.05, 0) is 35.9 Å². The minimum absolute atomic E-state index is 0.190. The average molecular weight is 443 g/mol. The van der Waals surface area contributed by atoms with Crippen LogP contribution >= 0.6 is 11.6 Å². The van der Waals surface area contributed by atoms with Crippen molar-refractivity contribution in [2.75, 3.05) is 26.3 Å². The summed E-state index contributed by atoms with van der Waals surface area (Å²) in [6.45, 7) is 1.22. The van der Waals surface area contributed by atoms with Crippen LogP contribution in [0.2, 0.25) is 5.15 Å². The van der Waals surface area contributed by atoms with Gasteiger partial charge in [-0.1, -0.05) is 23.7 Å². The first-order chi connectivity index (χ1) is 14.3. The van der Waals surface area contributed by atoms with Gasteiger partial charge < -0.3 is 19.1 Å². The van der Waals surface area contributed by atoms with E-state index in [9.17, 15) is 18.0 Å². The second-order valence-electron chi connectivity index (χ2n) is 6.33. The summed E-state index contributed by atoms with van der Waals surface area (Å²) in [5.41, 5.74) is 0.407. The van der Waals surface area contributed by atoms with Crippen LogP contribution < -0.4 is 9.47 Å². The summed E-state index contributed by atoms with van der Waals surface area (Å²) in [5, 5.41) is 0.237. The van der Waals surface area contributed by atoms with E-state index in [0.717, 1.165) is 0 Å². The predicted molar refractivity (Wildman–Crippen MR) is 103 cm³/mol. The van der Waals surface area contributed by atoms with E-state index in [1.807, 2.05) is 0 Å². The molecule has 0 N–H and O–H groups in total. The molecular formula is C20H18ClF3N2O4. The Morgan fingerprint density at radius 1 is 1.33 bits per heavy atom. The summed E-state index contributed by atoms with van der Waals surface area (Å²) in [5.74, 6) is -0.216. The van der Waals surface area contributed by atoms with Gasteiger partial charge in [-0.3, -0.25) is 4.79 Å². The van der Waals surface area contributed by atoms with Crippen LogP contribution in [0.5, 0.6) is 11.5 Å². The van der Waals surface area contributed by atoms with Gasteiger partial charge in [0, 0.05) is 18.8 Å². The number of nitrogens with zero attached hydrogens (tertiary/aromatic N) is 2. The van der Waals surface area contributed by atoms with Crippen molar-refractivity contribution in [1.29, 1.82) is 0 Å². The van der Waals surface area contributed by atoms with Crippen molar-refractivity contribution in [1.82, 2.24) is 9.88 Å². The molecule has 1 fully saturated rings. The lowest BCUT2D eigenvalue weighted by Crippen LogP contribution is -2.47. The number of rotatable bonds is 6. The number of halogens is 4. The number of hydrogen-bond acceptors (Lipinski definition) is 5. The molecule has 10 heteroatoms. The molecule has 160 valence electrons. The first kappa shape index (κ1) is 21.9. The van der Waals surface area contributed by atoms with Crippen molar-refractivity contribution in [2.24, 2.45) is 0 Å². The molecule has 0 aliphatic carbocycles. The van der Waals surface area contributed by atoms with Gasteiger partial charge in [0.1, 0.15) is 18.5 Å². The topological polar surface area (TPSA) is 60.9 Å². The molecular weight excluding hydrogens is 425 g/mol. The number of carbonyl (C=O) groups is 1. The van der Waals surface area contributed by atoms with Crippen LogP contribution in [0.3, 0.4) is 0 Å². The molecule has 2 heterocycles. The molecule has 6 nitrogen and oxygen atoms in total. The van der Waals surface area contributed by atoms with Gasteiger partial charge in [-0.2, -0.15) is 0 Å². The third-order valence-electron chi connectivity index (χ3n) is 4.11. The number of ether oxygens (including phenoxy) is 3. The molecule has 0 saturated carbocycles. The number of pyridine rings is 1. The van der Waals surface area contributed by atoms with Crippen LogP contribution in [-0.2, 0) is 9.53 Å². The molecule has 1 aliphatic heterocycles. The Hall–Kier alpha value is -2.78. The minimum Gasteiger partial charge on any atom is -0.488 e. The fourth-order valence-electron chi connectivity index (χ4n) is 2.77. The minimum atomic E-state index is -4.77. The summed E-state index contributed by atoms with van der Waals surface area (Å²) < 4.78 is 52.1. The molecule has 1 unspecified atom stereocenters. The SMILES string of the molecule is O=C(C=Cc1cccc(OC(F)(F)F)c1)N1CCOC(COc2cccnc2Cl)C1. The van der Waals surface area contributed by atoms with Crippen molar-refractivity contribution in [3.8, 4) is 11.5 Å². The average Bonchev–Trinajstić information content (AvgIpc) is 2.71. The molecule has 2 aromatic rings. The maximum absolute atomic E-state index is 12.5. The van der Waals surface area contributed by atoms with Crippen LogP contribution in [0.1, 0.15) is 5.56 Å². The Morgan fingerprint density at radius 3 is 2.93 bits per heavy atom. The molecule has 3 rings (SSSR count). The van der Waals surface area contributed by atoms with Crippen molar-refractivity contribution in [2.45, 2.75) is 12.5 Å². The lowest BCUT2D eigenvalue weighted by Gasteiger charge is -2.32. The largest absolute Gasteiger partial charge is 0.573 e. The Kier molecular flexibility index (Phi) is 7.17. The zero-order valence-electron chi connectivity index (χ0n) is 15.6. The van der Waals surface area contributed by atoms with E-state index in [4.69, 9.17) is 21.1 Å². The number of aromatic nitrogens is 1. The van der Waals surface area contributed by atoms with Crippen LogP contribution in [0.4, 0.5) is 13.2 Å². The van der Waals surface area contributed by atoms with Crippen molar-refractivity contribution >= 4 is 23.6 Å². The molecule has 0 bridgehead atoms. The summed E-state index contributed by atoms with van der Waals surface area (Å²) >= 11 is 5.95. The van der Waals surface area contributed by atoms with Crippen LogP contribution in [0.15, 0.2) is 48.7 Å². The van der Waals surface area contributed by atoms with Crippen molar-refractivity contribution in [3.05, 3.63) is 59.4 Å². The second kappa shape index (κ2) is 9.82. The van der Waals surface area contributed by atoms with E-state index < -0.39 is 6.36 Å². The molecule has 1 atom stereocenters. The normalized spacial score (nSPS) is 17.2. The van der Waals surface area contributed by atoms with Gasteiger partial charge in [-0.15, -0.1) is 13.2 Å².